The minimum Gasteiger partial charge on any atom is -0.497 e. The summed E-state index contributed by atoms with van der Waals surface area (Å²) in [6.07, 6.45) is 2.45. The maximum Gasteiger partial charge on any atom is 0.276 e. The van der Waals surface area contributed by atoms with E-state index in [1.54, 1.807) is 11.6 Å². The van der Waals surface area contributed by atoms with Gasteiger partial charge in [0, 0.05) is 22.5 Å². The molecule has 0 spiro atoms. The highest BCUT2D eigenvalue weighted by molar-refractivity contribution is 5.79. The van der Waals surface area contributed by atoms with Crippen LogP contribution >= 0.6 is 0 Å². The van der Waals surface area contributed by atoms with Crippen molar-refractivity contribution in [2.75, 3.05) is 7.11 Å². The molecule has 0 aliphatic carbocycles. The Hall–Kier alpha value is -3.34. The van der Waals surface area contributed by atoms with Crippen LogP contribution in [0.25, 0.3) is 16.8 Å². The molecule has 0 aliphatic heterocycles. The van der Waals surface area contributed by atoms with Gasteiger partial charge < -0.3 is 4.74 Å². The van der Waals surface area contributed by atoms with E-state index in [0.717, 1.165) is 46.7 Å². The molecule has 29 heavy (non-hydrogen) atoms. The molecular formula is C24H25N3O2. The van der Waals surface area contributed by atoms with E-state index in [1.165, 1.54) is 5.56 Å². The minimum atomic E-state index is -0.0107. The van der Waals surface area contributed by atoms with Crippen LogP contribution in [-0.2, 0) is 12.8 Å². The van der Waals surface area contributed by atoms with Gasteiger partial charge in [-0.3, -0.25) is 9.89 Å². The van der Waals surface area contributed by atoms with Crippen LogP contribution in [0.1, 0.15) is 28.9 Å². The Morgan fingerprint density at radius 1 is 1.03 bits per heavy atom. The number of hydrogen-bond acceptors (Lipinski definition) is 3. The van der Waals surface area contributed by atoms with Gasteiger partial charge in [-0.25, -0.2) is 9.50 Å². The first-order valence-electron chi connectivity index (χ1n) is 9.87. The summed E-state index contributed by atoms with van der Waals surface area (Å²) in [7, 11) is 1.67. The van der Waals surface area contributed by atoms with Gasteiger partial charge >= 0.3 is 0 Å². The predicted octanol–water partition coefficient (Wildman–Crippen LogP) is 4.49. The summed E-state index contributed by atoms with van der Waals surface area (Å²) in [5, 5.41) is 3.21. The lowest BCUT2D eigenvalue weighted by molar-refractivity contribution is 0.414. The zero-order chi connectivity index (χ0) is 20.4. The van der Waals surface area contributed by atoms with Crippen molar-refractivity contribution in [3.05, 3.63) is 87.5 Å². The molecule has 4 aromatic rings. The summed E-state index contributed by atoms with van der Waals surface area (Å²) < 4.78 is 6.88. The van der Waals surface area contributed by atoms with Crippen LogP contribution in [0.5, 0.6) is 5.75 Å². The molecule has 148 valence electrons. The molecule has 0 aliphatic rings. The average Bonchev–Trinajstić information content (AvgIpc) is 3.07. The van der Waals surface area contributed by atoms with E-state index in [0.29, 0.717) is 12.1 Å². The fraction of sp³-hybridized carbons (Fsp3) is 0.250. The molecule has 5 heteroatoms. The monoisotopic (exact) mass is 387 g/mol. The quantitative estimate of drug-likeness (QED) is 0.530. The Kier molecular flexibility index (Phi) is 5.21. The molecule has 2 aromatic carbocycles. The number of methoxy groups -OCH3 is 1. The number of rotatable bonds is 6. The molecule has 2 aromatic heterocycles. The minimum absolute atomic E-state index is 0.0107. The Labute approximate surface area is 170 Å². The molecule has 0 saturated carbocycles. The lowest BCUT2D eigenvalue weighted by Crippen LogP contribution is -2.22. The molecule has 2 heterocycles. The zero-order valence-electron chi connectivity index (χ0n) is 17.0. The van der Waals surface area contributed by atoms with Crippen molar-refractivity contribution in [1.82, 2.24) is 14.6 Å². The van der Waals surface area contributed by atoms with E-state index in [2.05, 4.69) is 11.2 Å². The highest BCUT2D eigenvalue weighted by Gasteiger charge is 2.17. The van der Waals surface area contributed by atoms with Gasteiger partial charge in [0.25, 0.3) is 5.56 Å². The summed E-state index contributed by atoms with van der Waals surface area (Å²) in [6, 6.07) is 18.1. The van der Waals surface area contributed by atoms with Crippen molar-refractivity contribution >= 4 is 5.65 Å². The standard InChI is InChI=1S/C24H25N3O2/c1-16-21(14-8-10-18-9-7-13-20(15-18)29-3)24(28)27-23(25-16)22(17(2)26-27)19-11-5-4-6-12-19/h4-7,9,11-13,15,26H,8,10,14H2,1-3H3. The van der Waals surface area contributed by atoms with Gasteiger partial charge in [0.1, 0.15) is 5.75 Å². The molecule has 1 N–H and O–H groups in total. The molecule has 0 fully saturated rings. The highest BCUT2D eigenvalue weighted by Crippen LogP contribution is 2.26. The molecule has 0 bridgehead atoms. The first-order valence-corrected chi connectivity index (χ1v) is 9.87. The second-order valence-corrected chi connectivity index (χ2v) is 7.32. The van der Waals surface area contributed by atoms with E-state index in [-0.39, 0.29) is 5.56 Å². The van der Waals surface area contributed by atoms with E-state index in [1.807, 2.05) is 62.4 Å². The van der Waals surface area contributed by atoms with Crippen LogP contribution in [0.3, 0.4) is 0 Å². The summed E-state index contributed by atoms with van der Waals surface area (Å²) in [6.45, 7) is 3.91. The van der Waals surface area contributed by atoms with Crippen molar-refractivity contribution in [1.29, 1.82) is 0 Å². The summed E-state index contributed by atoms with van der Waals surface area (Å²) in [5.74, 6) is 0.858. The largest absolute Gasteiger partial charge is 0.497 e. The van der Waals surface area contributed by atoms with Crippen LogP contribution in [0.2, 0.25) is 0 Å². The third-order valence-corrected chi connectivity index (χ3v) is 5.35. The maximum atomic E-state index is 13.2. The van der Waals surface area contributed by atoms with E-state index >= 15 is 0 Å². The summed E-state index contributed by atoms with van der Waals surface area (Å²) >= 11 is 0. The van der Waals surface area contributed by atoms with Crippen molar-refractivity contribution in [2.24, 2.45) is 0 Å². The molecule has 0 atom stereocenters. The van der Waals surface area contributed by atoms with Gasteiger partial charge in [-0.15, -0.1) is 0 Å². The van der Waals surface area contributed by atoms with Gasteiger partial charge in [0.2, 0.25) is 0 Å². The fourth-order valence-corrected chi connectivity index (χ4v) is 3.86. The van der Waals surface area contributed by atoms with Crippen LogP contribution in [0.15, 0.2) is 59.4 Å². The van der Waals surface area contributed by atoms with Crippen molar-refractivity contribution in [3.63, 3.8) is 0 Å². The van der Waals surface area contributed by atoms with E-state index in [4.69, 9.17) is 9.72 Å². The normalized spacial score (nSPS) is 11.1. The lowest BCUT2D eigenvalue weighted by atomic mass is 10.0. The van der Waals surface area contributed by atoms with Crippen molar-refractivity contribution in [3.8, 4) is 16.9 Å². The number of nitrogens with one attached hydrogen (secondary N) is 1. The van der Waals surface area contributed by atoms with Gasteiger partial charge in [-0.1, -0.05) is 42.5 Å². The Morgan fingerprint density at radius 2 is 1.83 bits per heavy atom. The number of fused-ring (bicyclic) bond motifs is 1. The third-order valence-electron chi connectivity index (χ3n) is 5.35. The molecule has 0 amide bonds. The predicted molar refractivity (Wildman–Crippen MR) is 116 cm³/mol. The maximum absolute atomic E-state index is 13.2. The number of nitrogens with zero attached hydrogens (tertiary/aromatic N) is 2. The van der Waals surface area contributed by atoms with Crippen molar-refractivity contribution < 1.29 is 4.74 Å². The van der Waals surface area contributed by atoms with Gasteiger partial charge in [-0.05, 0) is 56.4 Å². The number of aromatic amines is 1. The number of benzene rings is 2. The highest BCUT2D eigenvalue weighted by atomic mass is 16.5. The van der Waals surface area contributed by atoms with Gasteiger partial charge in [0.05, 0.1) is 7.11 Å². The molecule has 0 radical (unpaired) electrons. The molecule has 5 nitrogen and oxygen atoms in total. The smallest absolute Gasteiger partial charge is 0.276 e. The second kappa shape index (κ2) is 7.95. The van der Waals surface area contributed by atoms with E-state index < -0.39 is 0 Å². The Morgan fingerprint density at radius 3 is 2.59 bits per heavy atom. The van der Waals surface area contributed by atoms with Crippen LogP contribution in [-0.4, -0.2) is 21.7 Å². The third kappa shape index (κ3) is 3.68. The Balaban J connectivity index is 1.63. The molecule has 4 rings (SSSR count). The number of H-pyrrole nitrogens is 1. The molecule has 0 saturated heterocycles. The first kappa shape index (κ1) is 19.0. The SMILES string of the molecule is COc1cccc(CCCc2c(C)nc3c(-c4ccccc4)c(C)[nH]n3c2=O)c1. The van der Waals surface area contributed by atoms with E-state index in [9.17, 15) is 4.79 Å². The zero-order valence-corrected chi connectivity index (χ0v) is 17.0. The van der Waals surface area contributed by atoms with Crippen LogP contribution in [0.4, 0.5) is 0 Å². The molecule has 0 unspecified atom stereocenters. The summed E-state index contributed by atoms with van der Waals surface area (Å²) in [4.78, 5) is 18.0. The number of ether oxygens (including phenoxy) is 1. The Bertz CT molecular complexity index is 1210. The number of aromatic nitrogens is 3. The fourth-order valence-electron chi connectivity index (χ4n) is 3.86. The van der Waals surface area contributed by atoms with Gasteiger partial charge in [-0.2, -0.15) is 0 Å². The topological polar surface area (TPSA) is 59.4 Å². The van der Waals surface area contributed by atoms with Crippen LogP contribution in [0, 0.1) is 13.8 Å². The first-order chi connectivity index (χ1) is 14.1. The van der Waals surface area contributed by atoms with Crippen LogP contribution < -0.4 is 10.3 Å². The average molecular weight is 387 g/mol. The number of aryl methyl sites for hydroxylation is 3. The number of hydrogen-bond donors (Lipinski definition) is 1. The summed E-state index contributed by atoms with van der Waals surface area (Å²) in [5.41, 5.74) is 6.43. The second-order valence-electron chi connectivity index (χ2n) is 7.32. The van der Waals surface area contributed by atoms with Crippen molar-refractivity contribution in [2.45, 2.75) is 33.1 Å². The van der Waals surface area contributed by atoms with Gasteiger partial charge in [0.15, 0.2) is 5.65 Å². The lowest BCUT2D eigenvalue weighted by Gasteiger charge is -2.07. The molecular weight excluding hydrogens is 362 g/mol.